The lowest BCUT2D eigenvalue weighted by Crippen LogP contribution is -2.54. The number of nitrogens with zero attached hydrogens (tertiary/aromatic N) is 1. The highest BCUT2D eigenvalue weighted by Gasteiger charge is 2.37. The summed E-state index contributed by atoms with van der Waals surface area (Å²) in [5, 5.41) is 3.22. The van der Waals surface area contributed by atoms with E-state index in [0.29, 0.717) is 27.1 Å². The summed E-state index contributed by atoms with van der Waals surface area (Å²) in [6.07, 6.45) is 1.37. The Balaban J connectivity index is 1.36. The van der Waals surface area contributed by atoms with Crippen molar-refractivity contribution in [3.05, 3.63) is 129 Å². The molecule has 9 heteroatoms. The number of ether oxygens (including phenoxy) is 2. The third kappa shape index (κ3) is 6.60. The van der Waals surface area contributed by atoms with Gasteiger partial charge in [-0.25, -0.2) is 9.69 Å². The molecule has 1 N–H and O–H groups in total. The van der Waals surface area contributed by atoms with Crippen LogP contribution in [0.1, 0.15) is 22.3 Å². The van der Waals surface area contributed by atoms with Gasteiger partial charge in [-0.05, 0) is 67.1 Å². The number of rotatable bonds is 8. The molecule has 1 aliphatic rings. The first-order valence-corrected chi connectivity index (χ1v) is 13.4. The highest BCUT2D eigenvalue weighted by atomic mass is 35.5. The molecule has 0 atom stereocenters. The molecule has 0 bridgehead atoms. The second kappa shape index (κ2) is 12.3. The molecule has 7 nitrogen and oxygen atoms in total. The molecule has 0 saturated carbocycles. The van der Waals surface area contributed by atoms with Crippen LogP contribution in [0.4, 0.5) is 10.5 Å². The van der Waals surface area contributed by atoms with Crippen molar-refractivity contribution in [1.29, 1.82) is 0 Å². The van der Waals surface area contributed by atoms with Crippen molar-refractivity contribution < 1.29 is 23.9 Å². The standard InChI is InChI=1S/C32H24Cl2N2O5/c1-20-5-4-6-21(15-20)18-41-29-14-9-24(33)16-23(29)17-27-30(37)35-32(39)36(31(27)38)25-10-12-26(13-11-25)40-19-22-7-2-3-8-28(22)34/h2-17H,18-19H2,1H3,(H,35,37,39)/b27-17+. The van der Waals surface area contributed by atoms with Crippen LogP contribution in [-0.4, -0.2) is 17.8 Å². The van der Waals surface area contributed by atoms with Crippen LogP contribution in [0.2, 0.25) is 10.0 Å². The fourth-order valence-electron chi connectivity index (χ4n) is 4.24. The van der Waals surface area contributed by atoms with Crippen molar-refractivity contribution in [3.8, 4) is 11.5 Å². The number of benzene rings is 4. The van der Waals surface area contributed by atoms with E-state index >= 15 is 0 Å². The van der Waals surface area contributed by atoms with Gasteiger partial charge in [0.1, 0.15) is 30.3 Å². The summed E-state index contributed by atoms with van der Waals surface area (Å²) >= 11 is 12.4. The predicted molar refractivity (Wildman–Crippen MR) is 158 cm³/mol. The average molecular weight is 587 g/mol. The number of anilines is 1. The summed E-state index contributed by atoms with van der Waals surface area (Å²) in [6.45, 7) is 2.51. The fraction of sp³-hybridized carbons (Fsp3) is 0.0938. The molecular formula is C32H24Cl2N2O5. The highest BCUT2D eigenvalue weighted by Crippen LogP contribution is 2.29. The van der Waals surface area contributed by atoms with Crippen LogP contribution in [-0.2, 0) is 22.8 Å². The molecule has 4 aromatic carbocycles. The lowest BCUT2D eigenvalue weighted by atomic mass is 10.1. The van der Waals surface area contributed by atoms with E-state index in [9.17, 15) is 14.4 Å². The number of carbonyl (C=O) groups excluding carboxylic acids is 3. The van der Waals surface area contributed by atoms with E-state index in [1.165, 1.54) is 6.08 Å². The molecule has 0 aromatic heterocycles. The van der Waals surface area contributed by atoms with Gasteiger partial charge >= 0.3 is 6.03 Å². The lowest BCUT2D eigenvalue weighted by Gasteiger charge is -2.26. The van der Waals surface area contributed by atoms with Crippen LogP contribution in [0.3, 0.4) is 0 Å². The number of urea groups is 1. The summed E-state index contributed by atoms with van der Waals surface area (Å²) in [4.78, 5) is 39.8. The smallest absolute Gasteiger partial charge is 0.335 e. The number of hydrogen-bond acceptors (Lipinski definition) is 5. The minimum absolute atomic E-state index is 0.244. The summed E-state index contributed by atoms with van der Waals surface area (Å²) in [6, 6.07) is 25.6. The lowest BCUT2D eigenvalue weighted by molar-refractivity contribution is -0.122. The third-order valence-corrected chi connectivity index (χ3v) is 6.90. The number of aryl methyl sites for hydroxylation is 1. The molecule has 41 heavy (non-hydrogen) atoms. The van der Waals surface area contributed by atoms with Crippen molar-refractivity contribution >= 4 is 52.8 Å². The van der Waals surface area contributed by atoms with Gasteiger partial charge in [0.25, 0.3) is 11.8 Å². The van der Waals surface area contributed by atoms with Gasteiger partial charge in [0.05, 0.1) is 5.69 Å². The molecular weight excluding hydrogens is 563 g/mol. The minimum Gasteiger partial charge on any atom is -0.489 e. The average Bonchev–Trinajstić information content (AvgIpc) is 2.95. The Morgan fingerprint density at radius 2 is 1.61 bits per heavy atom. The van der Waals surface area contributed by atoms with Gasteiger partial charge < -0.3 is 9.47 Å². The monoisotopic (exact) mass is 586 g/mol. The first kappa shape index (κ1) is 28.0. The van der Waals surface area contributed by atoms with Crippen molar-refractivity contribution in [2.24, 2.45) is 0 Å². The molecule has 1 saturated heterocycles. The first-order valence-electron chi connectivity index (χ1n) is 12.6. The van der Waals surface area contributed by atoms with Crippen molar-refractivity contribution in [2.75, 3.05) is 4.90 Å². The molecule has 0 spiro atoms. The zero-order valence-electron chi connectivity index (χ0n) is 21.9. The molecule has 4 aromatic rings. The van der Waals surface area contributed by atoms with Gasteiger partial charge in [-0.2, -0.15) is 0 Å². The topological polar surface area (TPSA) is 84.9 Å². The Kier molecular flexibility index (Phi) is 8.38. The highest BCUT2D eigenvalue weighted by molar-refractivity contribution is 6.39. The summed E-state index contributed by atoms with van der Waals surface area (Å²) < 4.78 is 11.8. The summed E-state index contributed by atoms with van der Waals surface area (Å²) in [5.74, 6) is -0.666. The van der Waals surface area contributed by atoms with Gasteiger partial charge in [0.2, 0.25) is 0 Å². The van der Waals surface area contributed by atoms with E-state index in [4.69, 9.17) is 32.7 Å². The SMILES string of the molecule is Cc1cccc(COc2ccc(Cl)cc2/C=C2\C(=O)NC(=O)N(c3ccc(OCc4ccccc4Cl)cc3)C2=O)c1. The molecule has 206 valence electrons. The van der Waals surface area contributed by atoms with E-state index in [1.807, 2.05) is 49.4 Å². The maximum Gasteiger partial charge on any atom is 0.335 e. The zero-order valence-corrected chi connectivity index (χ0v) is 23.4. The Labute approximate surface area is 246 Å². The Hall–Kier alpha value is -4.59. The van der Waals surface area contributed by atoms with Crippen LogP contribution in [0.15, 0.2) is 96.6 Å². The van der Waals surface area contributed by atoms with Gasteiger partial charge in [-0.3, -0.25) is 14.9 Å². The normalized spacial score (nSPS) is 14.3. The Morgan fingerprint density at radius 3 is 2.37 bits per heavy atom. The van der Waals surface area contributed by atoms with Crippen LogP contribution in [0, 0.1) is 6.92 Å². The third-order valence-electron chi connectivity index (χ3n) is 6.30. The second-order valence-electron chi connectivity index (χ2n) is 9.29. The van der Waals surface area contributed by atoms with E-state index < -0.39 is 17.8 Å². The number of hydrogen-bond donors (Lipinski definition) is 1. The number of carbonyl (C=O) groups is 3. The maximum atomic E-state index is 13.5. The largest absolute Gasteiger partial charge is 0.489 e. The van der Waals surface area contributed by atoms with Gasteiger partial charge in [0.15, 0.2) is 0 Å². The molecule has 1 heterocycles. The molecule has 0 radical (unpaired) electrons. The number of amides is 4. The quantitative estimate of drug-likeness (QED) is 0.175. The molecule has 5 rings (SSSR count). The molecule has 1 fully saturated rings. The predicted octanol–water partition coefficient (Wildman–Crippen LogP) is 7.13. The fourth-order valence-corrected chi connectivity index (χ4v) is 4.61. The van der Waals surface area contributed by atoms with Crippen LogP contribution in [0.25, 0.3) is 6.08 Å². The van der Waals surface area contributed by atoms with Crippen LogP contribution < -0.4 is 19.7 Å². The van der Waals surface area contributed by atoms with Crippen molar-refractivity contribution in [2.45, 2.75) is 20.1 Å². The van der Waals surface area contributed by atoms with Crippen molar-refractivity contribution in [3.63, 3.8) is 0 Å². The van der Waals surface area contributed by atoms with Gasteiger partial charge in [-0.15, -0.1) is 0 Å². The molecule has 0 unspecified atom stereocenters. The second-order valence-corrected chi connectivity index (χ2v) is 10.1. The van der Waals surface area contributed by atoms with Crippen LogP contribution in [0.5, 0.6) is 11.5 Å². The summed E-state index contributed by atoms with van der Waals surface area (Å²) in [7, 11) is 0. The van der Waals surface area contributed by atoms with E-state index in [1.54, 1.807) is 48.5 Å². The number of barbiturate groups is 1. The first-order chi connectivity index (χ1) is 19.8. The van der Waals surface area contributed by atoms with E-state index in [-0.39, 0.29) is 24.5 Å². The Morgan fingerprint density at radius 1 is 0.829 bits per heavy atom. The van der Waals surface area contributed by atoms with Gasteiger partial charge in [-0.1, -0.05) is 71.2 Å². The van der Waals surface area contributed by atoms with Gasteiger partial charge in [0, 0.05) is 21.2 Å². The van der Waals surface area contributed by atoms with Crippen molar-refractivity contribution in [1.82, 2.24) is 5.32 Å². The van der Waals surface area contributed by atoms with E-state index in [0.717, 1.165) is 21.6 Å². The maximum absolute atomic E-state index is 13.5. The zero-order chi connectivity index (χ0) is 28.9. The molecule has 4 amide bonds. The van der Waals surface area contributed by atoms with Crippen LogP contribution >= 0.6 is 23.2 Å². The molecule has 1 aliphatic heterocycles. The minimum atomic E-state index is -0.857. The summed E-state index contributed by atoms with van der Waals surface area (Å²) in [5.41, 5.74) is 3.31. The number of halogens is 2. The number of imide groups is 2. The molecule has 0 aliphatic carbocycles. The number of nitrogens with one attached hydrogen (secondary N) is 1. The Bertz CT molecular complexity index is 1670. The van der Waals surface area contributed by atoms with E-state index in [2.05, 4.69) is 5.32 Å².